The van der Waals surface area contributed by atoms with Crippen LogP contribution in [0.2, 0.25) is 0 Å². The van der Waals surface area contributed by atoms with Crippen molar-refractivity contribution in [3.8, 4) is 23.8 Å². The summed E-state index contributed by atoms with van der Waals surface area (Å²) in [5.74, 6) is 3.41. The van der Waals surface area contributed by atoms with Crippen LogP contribution in [0.3, 0.4) is 0 Å². The van der Waals surface area contributed by atoms with Crippen LogP contribution in [0.5, 0.6) is 11.5 Å². The standard InChI is InChI=1S/C19H14N2O3S/c1-2-11-21-13-7-3-6-10-17(13)25-19(21)20-18(22)16-12-23-14-8-4-5-9-15(14)24-16/h1,3-10,16H,11-12H2. The molecule has 1 aromatic heterocycles. The van der Waals surface area contributed by atoms with Gasteiger partial charge < -0.3 is 14.0 Å². The molecular weight excluding hydrogens is 336 g/mol. The molecule has 0 aliphatic carbocycles. The predicted octanol–water partition coefficient (Wildman–Crippen LogP) is 2.60. The number of fused-ring (bicyclic) bond motifs is 2. The molecule has 0 saturated carbocycles. The Labute approximate surface area is 148 Å². The highest BCUT2D eigenvalue weighted by atomic mass is 32.1. The predicted molar refractivity (Wildman–Crippen MR) is 95.6 cm³/mol. The molecule has 0 fully saturated rings. The van der Waals surface area contributed by atoms with Crippen molar-refractivity contribution in [1.82, 2.24) is 4.57 Å². The number of thiazole rings is 1. The number of amides is 1. The molecule has 1 aliphatic rings. The number of hydrogen-bond donors (Lipinski definition) is 0. The maximum atomic E-state index is 12.6. The molecular formula is C19H14N2O3S. The van der Waals surface area contributed by atoms with Crippen LogP contribution < -0.4 is 14.3 Å². The summed E-state index contributed by atoms with van der Waals surface area (Å²) < 4.78 is 14.2. The van der Waals surface area contributed by atoms with Crippen molar-refractivity contribution in [3.05, 3.63) is 53.3 Å². The highest BCUT2D eigenvalue weighted by molar-refractivity contribution is 7.16. The summed E-state index contributed by atoms with van der Waals surface area (Å²) >= 11 is 1.43. The van der Waals surface area contributed by atoms with Crippen LogP contribution in [0.25, 0.3) is 10.2 Å². The second kappa shape index (κ2) is 6.46. The molecule has 0 spiro atoms. The zero-order valence-corrected chi connectivity index (χ0v) is 14.0. The first kappa shape index (κ1) is 15.5. The quantitative estimate of drug-likeness (QED) is 0.668. The first-order chi connectivity index (χ1) is 12.3. The molecule has 0 N–H and O–H groups in total. The molecule has 1 atom stereocenters. The SMILES string of the molecule is C#CCn1c(=NC(=O)C2COc3ccccc3O2)sc2ccccc21. The molecule has 0 radical (unpaired) electrons. The van der Waals surface area contributed by atoms with E-state index in [1.165, 1.54) is 11.3 Å². The minimum atomic E-state index is -0.764. The number of hydrogen-bond acceptors (Lipinski definition) is 4. The smallest absolute Gasteiger partial charge is 0.292 e. The van der Waals surface area contributed by atoms with Crippen LogP contribution in [0.1, 0.15) is 0 Å². The third kappa shape index (κ3) is 2.90. The number of para-hydroxylation sites is 3. The molecule has 0 saturated heterocycles. The number of carbonyl (C=O) groups is 1. The van der Waals surface area contributed by atoms with Crippen molar-refractivity contribution < 1.29 is 14.3 Å². The fraction of sp³-hybridized carbons (Fsp3) is 0.158. The lowest BCUT2D eigenvalue weighted by Gasteiger charge is -2.23. The van der Waals surface area contributed by atoms with Gasteiger partial charge >= 0.3 is 0 Å². The largest absolute Gasteiger partial charge is 0.485 e. The Kier molecular flexibility index (Phi) is 4.00. The van der Waals surface area contributed by atoms with Gasteiger partial charge in [-0.1, -0.05) is 41.5 Å². The van der Waals surface area contributed by atoms with E-state index in [0.717, 1.165) is 10.2 Å². The van der Waals surface area contributed by atoms with Crippen molar-refractivity contribution in [1.29, 1.82) is 0 Å². The fourth-order valence-electron chi connectivity index (χ4n) is 2.66. The third-order valence-electron chi connectivity index (χ3n) is 3.83. The molecule has 1 unspecified atom stereocenters. The summed E-state index contributed by atoms with van der Waals surface area (Å²) in [5, 5.41) is 0. The zero-order valence-electron chi connectivity index (χ0n) is 13.2. The Morgan fingerprint density at radius 1 is 1.24 bits per heavy atom. The highest BCUT2D eigenvalue weighted by Gasteiger charge is 2.27. The minimum absolute atomic E-state index is 0.138. The highest BCUT2D eigenvalue weighted by Crippen LogP contribution is 2.31. The van der Waals surface area contributed by atoms with Gasteiger partial charge in [0.15, 0.2) is 16.3 Å². The summed E-state index contributed by atoms with van der Waals surface area (Å²) in [6.07, 6.45) is 4.70. The van der Waals surface area contributed by atoms with Crippen molar-refractivity contribution in [3.63, 3.8) is 0 Å². The van der Waals surface area contributed by atoms with E-state index in [1.807, 2.05) is 41.0 Å². The number of carbonyl (C=O) groups excluding carboxylic acids is 1. The molecule has 6 heteroatoms. The van der Waals surface area contributed by atoms with Crippen LogP contribution in [0.4, 0.5) is 0 Å². The van der Waals surface area contributed by atoms with Crippen LogP contribution in [-0.4, -0.2) is 23.2 Å². The molecule has 1 amide bonds. The van der Waals surface area contributed by atoms with Crippen LogP contribution in [0, 0.1) is 12.3 Å². The number of ether oxygens (including phenoxy) is 2. The average molecular weight is 350 g/mol. The lowest BCUT2D eigenvalue weighted by atomic mass is 10.2. The second-order valence-corrected chi connectivity index (χ2v) is 6.47. The van der Waals surface area contributed by atoms with Crippen molar-refractivity contribution in [2.45, 2.75) is 12.6 Å². The summed E-state index contributed by atoms with van der Waals surface area (Å²) in [5.41, 5.74) is 0.961. The summed E-state index contributed by atoms with van der Waals surface area (Å²) in [7, 11) is 0. The lowest BCUT2D eigenvalue weighted by Crippen LogP contribution is -2.36. The Bertz CT molecular complexity index is 1060. The first-order valence-electron chi connectivity index (χ1n) is 7.75. The van der Waals surface area contributed by atoms with Gasteiger partial charge in [0.25, 0.3) is 5.91 Å². The van der Waals surface area contributed by atoms with Gasteiger partial charge in [-0.2, -0.15) is 4.99 Å². The minimum Gasteiger partial charge on any atom is -0.485 e. The molecule has 2 heterocycles. The van der Waals surface area contributed by atoms with Crippen LogP contribution in [0.15, 0.2) is 53.5 Å². The summed E-state index contributed by atoms with van der Waals surface area (Å²) in [6.45, 7) is 0.486. The third-order valence-corrected chi connectivity index (χ3v) is 4.89. The number of nitrogens with zero attached hydrogens (tertiary/aromatic N) is 2. The van der Waals surface area contributed by atoms with Gasteiger partial charge in [-0.25, -0.2) is 0 Å². The lowest BCUT2D eigenvalue weighted by molar-refractivity contribution is -0.127. The first-order valence-corrected chi connectivity index (χ1v) is 8.57. The number of aromatic nitrogens is 1. The number of terminal acetylenes is 1. The monoisotopic (exact) mass is 350 g/mol. The van der Waals surface area contributed by atoms with Crippen molar-refractivity contribution in [2.75, 3.05) is 6.61 Å². The Morgan fingerprint density at radius 3 is 2.84 bits per heavy atom. The van der Waals surface area contributed by atoms with Gasteiger partial charge in [0.1, 0.15) is 6.61 Å². The van der Waals surface area contributed by atoms with Gasteiger partial charge in [-0.3, -0.25) is 4.79 Å². The van der Waals surface area contributed by atoms with Gasteiger partial charge in [-0.05, 0) is 24.3 Å². The Morgan fingerprint density at radius 2 is 2.00 bits per heavy atom. The summed E-state index contributed by atoms with van der Waals surface area (Å²) in [6, 6.07) is 15.1. The van der Waals surface area contributed by atoms with Crippen molar-refractivity contribution in [2.24, 2.45) is 4.99 Å². The van der Waals surface area contributed by atoms with Gasteiger partial charge in [0.05, 0.1) is 16.8 Å². The van der Waals surface area contributed by atoms with E-state index in [2.05, 4.69) is 10.9 Å². The van der Waals surface area contributed by atoms with Gasteiger partial charge in [0, 0.05) is 0 Å². The van der Waals surface area contributed by atoms with Crippen LogP contribution in [-0.2, 0) is 11.3 Å². The van der Waals surface area contributed by atoms with E-state index in [4.69, 9.17) is 15.9 Å². The average Bonchev–Trinajstić information content (AvgIpc) is 2.99. The van der Waals surface area contributed by atoms with Crippen LogP contribution >= 0.6 is 11.3 Å². The summed E-state index contributed by atoms with van der Waals surface area (Å²) in [4.78, 5) is 17.4. The van der Waals surface area contributed by atoms with E-state index in [0.29, 0.717) is 22.8 Å². The molecule has 4 rings (SSSR count). The second-order valence-electron chi connectivity index (χ2n) is 5.46. The molecule has 3 aromatic rings. The maximum absolute atomic E-state index is 12.6. The van der Waals surface area contributed by atoms with E-state index in [-0.39, 0.29) is 12.5 Å². The maximum Gasteiger partial charge on any atom is 0.292 e. The Hall–Kier alpha value is -3.04. The van der Waals surface area contributed by atoms with Crippen molar-refractivity contribution >= 4 is 27.5 Å². The molecule has 0 bridgehead atoms. The van der Waals surface area contributed by atoms with E-state index < -0.39 is 6.10 Å². The zero-order chi connectivity index (χ0) is 17.2. The normalized spacial score (nSPS) is 16.6. The molecule has 25 heavy (non-hydrogen) atoms. The van der Waals surface area contributed by atoms with E-state index >= 15 is 0 Å². The van der Waals surface area contributed by atoms with E-state index in [9.17, 15) is 4.79 Å². The van der Waals surface area contributed by atoms with E-state index in [1.54, 1.807) is 12.1 Å². The molecule has 5 nitrogen and oxygen atoms in total. The number of benzene rings is 2. The van der Waals surface area contributed by atoms with Gasteiger partial charge in [0.2, 0.25) is 6.10 Å². The molecule has 124 valence electrons. The Balaban J connectivity index is 1.69. The molecule has 1 aliphatic heterocycles. The fourth-order valence-corrected chi connectivity index (χ4v) is 3.69. The topological polar surface area (TPSA) is 52.8 Å². The van der Waals surface area contributed by atoms with Gasteiger partial charge in [-0.15, -0.1) is 6.42 Å². The number of rotatable bonds is 2. The molecule has 2 aromatic carbocycles.